The van der Waals surface area contributed by atoms with Gasteiger partial charge in [-0.3, -0.25) is 9.28 Å². The minimum absolute atomic E-state index is 0.0766. The topological polar surface area (TPSA) is 34.9 Å². The van der Waals surface area contributed by atoms with Crippen LogP contribution in [0.5, 0.6) is 0 Å². The number of fused-ring (bicyclic) bond motifs is 2. The van der Waals surface area contributed by atoms with Crippen LogP contribution in [0.4, 0.5) is 5.95 Å². The molecule has 4 nitrogen and oxygen atoms in total. The summed E-state index contributed by atoms with van der Waals surface area (Å²) in [6, 6.07) is 18.3. The van der Waals surface area contributed by atoms with Crippen LogP contribution in [0.1, 0.15) is 18.5 Å². The van der Waals surface area contributed by atoms with Gasteiger partial charge in [0.2, 0.25) is 0 Å². The maximum absolute atomic E-state index is 12.8. The van der Waals surface area contributed by atoms with Crippen molar-refractivity contribution in [1.82, 2.24) is 14.0 Å². The summed E-state index contributed by atoms with van der Waals surface area (Å²) in [4.78, 5) is 17.6. The lowest BCUT2D eigenvalue weighted by Crippen LogP contribution is -2.46. The van der Waals surface area contributed by atoms with Crippen molar-refractivity contribution < 1.29 is 0 Å². The highest BCUT2D eigenvalue weighted by Crippen LogP contribution is 2.35. The predicted molar refractivity (Wildman–Crippen MR) is 93.4 cm³/mol. The maximum atomic E-state index is 12.8. The Morgan fingerprint density at radius 1 is 1.09 bits per heavy atom. The zero-order chi connectivity index (χ0) is 16.0. The SMILES string of the molecule is CC(c1ccccc1)[N+]1(C)CCn2c1nc1ccccc1c2=O. The lowest BCUT2D eigenvalue weighted by molar-refractivity contribution is 0.276. The van der Waals surface area contributed by atoms with E-state index in [1.54, 1.807) is 0 Å². The van der Waals surface area contributed by atoms with Crippen molar-refractivity contribution in [3.8, 4) is 0 Å². The van der Waals surface area contributed by atoms with E-state index in [0.717, 1.165) is 24.6 Å². The molecule has 0 saturated heterocycles. The van der Waals surface area contributed by atoms with Gasteiger partial charge in [0.25, 0.3) is 5.56 Å². The summed E-state index contributed by atoms with van der Waals surface area (Å²) in [6.45, 7) is 3.82. The summed E-state index contributed by atoms with van der Waals surface area (Å²) in [5.74, 6) is 0.866. The quantitative estimate of drug-likeness (QED) is 0.682. The molecule has 1 aliphatic rings. The molecule has 4 rings (SSSR count). The molecule has 2 unspecified atom stereocenters. The van der Waals surface area contributed by atoms with Gasteiger partial charge in [-0.25, -0.2) is 4.57 Å². The lowest BCUT2D eigenvalue weighted by atomic mass is 10.1. The second-order valence-corrected chi connectivity index (χ2v) is 6.46. The minimum Gasteiger partial charge on any atom is -0.268 e. The largest absolute Gasteiger partial charge is 0.313 e. The van der Waals surface area contributed by atoms with E-state index >= 15 is 0 Å². The van der Waals surface area contributed by atoms with Crippen LogP contribution in [0.2, 0.25) is 0 Å². The van der Waals surface area contributed by atoms with Crippen molar-refractivity contribution in [3.05, 3.63) is 70.5 Å². The molecular weight excluding hydrogens is 286 g/mol. The van der Waals surface area contributed by atoms with Crippen molar-refractivity contribution in [2.75, 3.05) is 13.6 Å². The van der Waals surface area contributed by atoms with Crippen molar-refractivity contribution in [3.63, 3.8) is 0 Å². The van der Waals surface area contributed by atoms with E-state index in [1.807, 2.05) is 34.9 Å². The maximum Gasteiger partial charge on any atom is 0.313 e. The Labute approximate surface area is 135 Å². The van der Waals surface area contributed by atoms with Crippen molar-refractivity contribution in [1.29, 1.82) is 0 Å². The van der Waals surface area contributed by atoms with Gasteiger partial charge in [0, 0.05) is 5.56 Å². The summed E-state index contributed by atoms with van der Waals surface area (Å²) >= 11 is 0. The van der Waals surface area contributed by atoms with Gasteiger partial charge < -0.3 is 0 Å². The Balaban J connectivity index is 1.91. The zero-order valence-electron chi connectivity index (χ0n) is 13.4. The number of aromatic nitrogens is 2. The molecule has 0 radical (unpaired) electrons. The third-order valence-electron chi connectivity index (χ3n) is 5.22. The van der Waals surface area contributed by atoms with Crippen LogP contribution in [-0.2, 0) is 6.54 Å². The fraction of sp³-hybridized carbons (Fsp3) is 0.263. The normalized spacial score (nSPS) is 21.3. The first-order valence-corrected chi connectivity index (χ1v) is 8.01. The van der Waals surface area contributed by atoms with E-state index in [4.69, 9.17) is 4.98 Å². The Bertz CT molecular complexity index is 932. The Hall–Kier alpha value is -2.46. The molecule has 1 aromatic heterocycles. The first-order valence-electron chi connectivity index (χ1n) is 8.01. The number of quaternary nitrogens is 1. The second kappa shape index (κ2) is 5.03. The third-order valence-corrected chi connectivity index (χ3v) is 5.22. The van der Waals surface area contributed by atoms with Crippen LogP contribution in [0.3, 0.4) is 0 Å². The summed E-state index contributed by atoms with van der Waals surface area (Å²) in [7, 11) is 2.18. The molecule has 2 aromatic carbocycles. The number of rotatable bonds is 2. The monoisotopic (exact) mass is 306 g/mol. The first kappa shape index (κ1) is 14.2. The van der Waals surface area contributed by atoms with Crippen molar-refractivity contribution in [2.45, 2.75) is 19.5 Å². The molecule has 0 aliphatic carbocycles. The fourth-order valence-electron chi connectivity index (χ4n) is 3.58. The molecule has 0 spiro atoms. The van der Waals surface area contributed by atoms with Crippen LogP contribution in [-0.4, -0.2) is 23.1 Å². The average Bonchev–Trinajstić information content (AvgIpc) is 2.94. The van der Waals surface area contributed by atoms with Gasteiger partial charge in [0.05, 0.1) is 24.5 Å². The average molecular weight is 306 g/mol. The first-order chi connectivity index (χ1) is 11.1. The van der Waals surface area contributed by atoms with Gasteiger partial charge in [-0.15, -0.1) is 0 Å². The third kappa shape index (κ3) is 2.02. The Kier molecular flexibility index (Phi) is 3.10. The lowest BCUT2D eigenvalue weighted by Gasteiger charge is -2.34. The minimum atomic E-state index is 0.0766. The zero-order valence-corrected chi connectivity index (χ0v) is 13.4. The molecule has 23 heavy (non-hydrogen) atoms. The molecule has 4 heteroatoms. The smallest absolute Gasteiger partial charge is 0.268 e. The summed E-state index contributed by atoms with van der Waals surface area (Å²) in [5, 5.41) is 0.706. The number of hydrogen-bond donors (Lipinski definition) is 0. The van der Waals surface area contributed by atoms with Crippen LogP contribution in [0.15, 0.2) is 59.4 Å². The molecule has 2 heterocycles. The molecule has 0 N–H and O–H groups in total. The highest BCUT2D eigenvalue weighted by molar-refractivity contribution is 5.78. The number of hydrogen-bond acceptors (Lipinski definition) is 2. The molecule has 0 saturated carbocycles. The summed E-state index contributed by atoms with van der Waals surface area (Å²) < 4.78 is 2.51. The van der Waals surface area contributed by atoms with E-state index in [1.165, 1.54) is 5.56 Å². The summed E-state index contributed by atoms with van der Waals surface area (Å²) in [6.07, 6.45) is 0. The van der Waals surface area contributed by atoms with Gasteiger partial charge in [0.15, 0.2) is 0 Å². The number of likely N-dealkylation sites (N-methyl/N-ethyl adjacent to an activating group) is 1. The molecule has 0 bridgehead atoms. The molecular formula is C19H20N3O+. The molecule has 1 aliphatic heterocycles. The number of benzene rings is 2. The van der Waals surface area contributed by atoms with E-state index in [2.05, 4.69) is 38.2 Å². The van der Waals surface area contributed by atoms with Gasteiger partial charge in [0.1, 0.15) is 12.6 Å². The predicted octanol–water partition coefficient (Wildman–Crippen LogP) is 3.11. The van der Waals surface area contributed by atoms with Crippen LogP contribution in [0, 0.1) is 0 Å². The molecule has 116 valence electrons. The fourth-order valence-corrected chi connectivity index (χ4v) is 3.58. The molecule has 3 aromatic rings. The van der Waals surface area contributed by atoms with Crippen LogP contribution >= 0.6 is 0 Å². The number of nitrogens with zero attached hydrogens (tertiary/aromatic N) is 3. The molecule has 2 atom stereocenters. The van der Waals surface area contributed by atoms with Crippen LogP contribution in [0.25, 0.3) is 10.9 Å². The van der Waals surface area contributed by atoms with Gasteiger partial charge in [-0.1, -0.05) is 42.5 Å². The molecule has 0 fully saturated rings. The van der Waals surface area contributed by atoms with Gasteiger partial charge in [-0.2, -0.15) is 4.98 Å². The Morgan fingerprint density at radius 3 is 2.57 bits per heavy atom. The standard InChI is InChI=1S/C19H20N3O/c1-14(15-8-4-3-5-9-15)22(2)13-12-21-18(23)16-10-6-7-11-17(16)20-19(21)22/h3-11,14H,12-13H2,1-2H3/q+1. The Morgan fingerprint density at radius 2 is 1.78 bits per heavy atom. The van der Waals surface area contributed by atoms with Gasteiger partial charge in [-0.05, 0) is 19.1 Å². The van der Waals surface area contributed by atoms with E-state index in [-0.39, 0.29) is 11.6 Å². The van der Waals surface area contributed by atoms with E-state index in [0.29, 0.717) is 9.87 Å². The summed E-state index contributed by atoms with van der Waals surface area (Å²) in [5.41, 5.74) is 2.13. The van der Waals surface area contributed by atoms with Crippen molar-refractivity contribution in [2.24, 2.45) is 0 Å². The number of para-hydroxylation sites is 1. The van der Waals surface area contributed by atoms with E-state index in [9.17, 15) is 4.79 Å². The van der Waals surface area contributed by atoms with Crippen LogP contribution < -0.4 is 10.0 Å². The van der Waals surface area contributed by atoms with E-state index < -0.39 is 0 Å². The van der Waals surface area contributed by atoms with Crippen molar-refractivity contribution >= 4 is 16.9 Å². The molecule has 0 amide bonds. The van der Waals surface area contributed by atoms with Gasteiger partial charge >= 0.3 is 5.95 Å². The highest BCUT2D eigenvalue weighted by atomic mass is 16.1. The highest BCUT2D eigenvalue weighted by Gasteiger charge is 2.42. The second-order valence-electron chi connectivity index (χ2n) is 6.46.